The lowest BCUT2D eigenvalue weighted by Gasteiger charge is -2.04. The minimum Gasteiger partial charge on any atom is -0.494 e. The van der Waals surface area contributed by atoms with Gasteiger partial charge in [-0.15, -0.1) is 0 Å². The van der Waals surface area contributed by atoms with Gasteiger partial charge in [-0.3, -0.25) is 14.9 Å². The highest BCUT2D eigenvalue weighted by molar-refractivity contribution is 5.97. The Morgan fingerprint density at radius 1 is 1.60 bits per heavy atom. The van der Waals surface area contributed by atoms with Crippen molar-refractivity contribution in [2.45, 2.75) is 6.92 Å². The molecule has 6 nitrogen and oxygen atoms in total. The first-order valence-electron chi connectivity index (χ1n) is 4.27. The molecule has 0 aliphatic rings. The molecule has 1 aromatic rings. The fourth-order valence-corrected chi connectivity index (χ4v) is 1.13. The van der Waals surface area contributed by atoms with Crippen molar-refractivity contribution in [3.8, 4) is 5.75 Å². The first-order valence-corrected chi connectivity index (χ1v) is 4.27. The van der Waals surface area contributed by atoms with Gasteiger partial charge < -0.3 is 10.5 Å². The number of carbonyl (C=O) groups is 1. The summed E-state index contributed by atoms with van der Waals surface area (Å²) in [6.07, 6.45) is 0. The molecule has 0 heterocycles. The van der Waals surface area contributed by atoms with Crippen LogP contribution in [0.5, 0.6) is 5.75 Å². The van der Waals surface area contributed by atoms with E-state index in [2.05, 4.69) is 0 Å². The second kappa shape index (κ2) is 4.41. The summed E-state index contributed by atoms with van der Waals surface area (Å²) >= 11 is 0. The van der Waals surface area contributed by atoms with Crippen LogP contribution in [-0.4, -0.2) is 17.4 Å². The van der Waals surface area contributed by atoms with Crippen molar-refractivity contribution in [1.29, 1.82) is 0 Å². The number of nitrogens with zero attached hydrogens (tertiary/aromatic N) is 1. The normalized spacial score (nSPS) is 9.67. The summed E-state index contributed by atoms with van der Waals surface area (Å²) in [5, 5.41) is 10.6. The molecule has 0 spiro atoms. The Bertz CT molecular complexity index is 403. The van der Waals surface area contributed by atoms with E-state index < -0.39 is 10.8 Å². The molecule has 0 radical (unpaired) electrons. The van der Waals surface area contributed by atoms with Crippen LogP contribution in [0.4, 0.5) is 5.69 Å². The lowest BCUT2D eigenvalue weighted by Crippen LogP contribution is -2.13. The summed E-state index contributed by atoms with van der Waals surface area (Å²) in [5.74, 6) is -0.458. The third-order valence-corrected chi connectivity index (χ3v) is 1.74. The largest absolute Gasteiger partial charge is 0.494 e. The van der Waals surface area contributed by atoms with Gasteiger partial charge in [0.1, 0.15) is 11.3 Å². The van der Waals surface area contributed by atoms with Crippen LogP contribution in [0.1, 0.15) is 17.3 Å². The van der Waals surface area contributed by atoms with E-state index in [1.165, 1.54) is 18.2 Å². The lowest BCUT2D eigenvalue weighted by molar-refractivity contribution is -0.385. The number of amides is 1. The van der Waals surface area contributed by atoms with Gasteiger partial charge in [-0.05, 0) is 19.1 Å². The van der Waals surface area contributed by atoms with Crippen molar-refractivity contribution < 1.29 is 14.5 Å². The topological polar surface area (TPSA) is 95.5 Å². The molecule has 0 unspecified atom stereocenters. The van der Waals surface area contributed by atoms with Crippen LogP contribution < -0.4 is 10.5 Å². The number of nitrogens with two attached hydrogens (primary N) is 1. The molecule has 0 atom stereocenters. The maximum absolute atomic E-state index is 10.9. The summed E-state index contributed by atoms with van der Waals surface area (Å²) in [6, 6.07) is 3.89. The van der Waals surface area contributed by atoms with Gasteiger partial charge >= 0.3 is 0 Å². The molecule has 0 fully saturated rings. The number of nitro benzene ring substituents is 1. The number of ether oxygens (including phenoxy) is 1. The Morgan fingerprint density at radius 3 is 2.73 bits per heavy atom. The maximum Gasteiger partial charge on any atom is 0.282 e. The second-order valence-electron chi connectivity index (χ2n) is 2.73. The van der Waals surface area contributed by atoms with Crippen molar-refractivity contribution in [1.82, 2.24) is 0 Å². The van der Waals surface area contributed by atoms with E-state index in [1.54, 1.807) is 6.92 Å². The molecule has 15 heavy (non-hydrogen) atoms. The van der Waals surface area contributed by atoms with Crippen molar-refractivity contribution in [2.75, 3.05) is 6.61 Å². The third-order valence-electron chi connectivity index (χ3n) is 1.74. The predicted molar refractivity (Wildman–Crippen MR) is 52.8 cm³/mol. The van der Waals surface area contributed by atoms with Gasteiger partial charge in [0.2, 0.25) is 0 Å². The molecule has 0 aliphatic heterocycles. The zero-order valence-corrected chi connectivity index (χ0v) is 8.10. The van der Waals surface area contributed by atoms with Gasteiger partial charge in [0, 0.05) is 6.07 Å². The molecule has 80 valence electrons. The second-order valence-corrected chi connectivity index (χ2v) is 2.73. The van der Waals surface area contributed by atoms with Crippen molar-refractivity contribution in [2.24, 2.45) is 5.73 Å². The number of nitro groups is 1. The molecular formula is C9H10N2O4. The Hall–Kier alpha value is -2.11. The number of hydrogen-bond acceptors (Lipinski definition) is 4. The van der Waals surface area contributed by atoms with Crippen LogP contribution >= 0.6 is 0 Å². The summed E-state index contributed by atoms with van der Waals surface area (Å²) in [7, 11) is 0. The SMILES string of the molecule is CCOc1ccc([N+](=O)[O-])c(C(N)=O)c1. The highest BCUT2D eigenvalue weighted by atomic mass is 16.6. The minimum absolute atomic E-state index is 0.147. The monoisotopic (exact) mass is 210 g/mol. The fraction of sp³-hybridized carbons (Fsp3) is 0.222. The molecule has 0 aromatic heterocycles. The van der Waals surface area contributed by atoms with Crippen LogP contribution in [0.3, 0.4) is 0 Å². The van der Waals surface area contributed by atoms with E-state index in [9.17, 15) is 14.9 Å². The first kappa shape index (κ1) is 11.0. The van der Waals surface area contributed by atoms with Gasteiger partial charge in [0.05, 0.1) is 11.5 Å². The Kier molecular flexibility index (Phi) is 3.22. The van der Waals surface area contributed by atoms with Gasteiger partial charge in [0.25, 0.3) is 11.6 Å². The molecule has 0 saturated carbocycles. The number of benzene rings is 1. The number of carbonyl (C=O) groups excluding carboxylic acids is 1. The van der Waals surface area contributed by atoms with Crippen LogP contribution in [0.15, 0.2) is 18.2 Å². The molecule has 0 saturated heterocycles. The molecule has 6 heteroatoms. The Labute approximate surface area is 85.8 Å². The Balaban J connectivity index is 3.21. The number of primary amides is 1. The van der Waals surface area contributed by atoms with Crippen molar-refractivity contribution in [3.63, 3.8) is 0 Å². The zero-order valence-electron chi connectivity index (χ0n) is 8.10. The third kappa shape index (κ3) is 2.43. The van der Waals surface area contributed by atoms with Crippen molar-refractivity contribution >= 4 is 11.6 Å². The molecule has 1 amide bonds. The van der Waals surface area contributed by atoms with E-state index in [4.69, 9.17) is 10.5 Å². The Morgan fingerprint density at radius 2 is 2.27 bits per heavy atom. The van der Waals surface area contributed by atoms with E-state index in [-0.39, 0.29) is 11.3 Å². The predicted octanol–water partition coefficient (Wildman–Crippen LogP) is 1.09. The smallest absolute Gasteiger partial charge is 0.282 e. The van der Waals surface area contributed by atoms with E-state index >= 15 is 0 Å². The zero-order chi connectivity index (χ0) is 11.4. The minimum atomic E-state index is -0.844. The van der Waals surface area contributed by atoms with Crippen LogP contribution in [0, 0.1) is 10.1 Å². The van der Waals surface area contributed by atoms with Gasteiger partial charge in [0.15, 0.2) is 0 Å². The summed E-state index contributed by atoms with van der Waals surface area (Å²) in [6.45, 7) is 2.18. The van der Waals surface area contributed by atoms with E-state index in [0.717, 1.165) is 0 Å². The van der Waals surface area contributed by atoms with Gasteiger partial charge in [-0.25, -0.2) is 0 Å². The maximum atomic E-state index is 10.9. The van der Waals surface area contributed by atoms with E-state index in [1.807, 2.05) is 0 Å². The molecule has 0 aliphatic carbocycles. The van der Waals surface area contributed by atoms with Crippen LogP contribution in [0.2, 0.25) is 0 Å². The molecule has 1 rings (SSSR count). The quantitative estimate of drug-likeness (QED) is 0.594. The highest BCUT2D eigenvalue weighted by Gasteiger charge is 2.18. The summed E-state index contributed by atoms with van der Waals surface area (Å²) in [5.41, 5.74) is 4.56. The highest BCUT2D eigenvalue weighted by Crippen LogP contribution is 2.23. The van der Waals surface area contributed by atoms with Gasteiger partial charge in [-0.1, -0.05) is 0 Å². The van der Waals surface area contributed by atoms with E-state index in [0.29, 0.717) is 12.4 Å². The standard InChI is InChI=1S/C9H10N2O4/c1-2-15-6-3-4-8(11(13)14)7(5-6)9(10)12/h3-5H,2H2,1H3,(H2,10,12). The molecule has 2 N–H and O–H groups in total. The average Bonchev–Trinajstić information content (AvgIpc) is 2.17. The fourth-order valence-electron chi connectivity index (χ4n) is 1.13. The summed E-state index contributed by atoms with van der Waals surface area (Å²) < 4.78 is 5.10. The molecular weight excluding hydrogens is 200 g/mol. The molecule has 0 bridgehead atoms. The lowest BCUT2D eigenvalue weighted by atomic mass is 10.1. The van der Waals surface area contributed by atoms with Gasteiger partial charge in [-0.2, -0.15) is 0 Å². The van der Waals surface area contributed by atoms with Crippen LogP contribution in [0.25, 0.3) is 0 Å². The summed E-state index contributed by atoms with van der Waals surface area (Å²) in [4.78, 5) is 20.8. The van der Waals surface area contributed by atoms with Crippen LogP contribution in [-0.2, 0) is 0 Å². The number of hydrogen-bond donors (Lipinski definition) is 1. The average molecular weight is 210 g/mol. The molecule has 1 aromatic carbocycles. The van der Waals surface area contributed by atoms with Crippen molar-refractivity contribution in [3.05, 3.63) is 33.9 Å². The first-order chi connectivity index (χ1) is 7.06. The number of rotatable bonds is 4.